The largest absolute Gasteiger partial charge is 0.504 e. The first-order chi connectivity index (χ1) is 6.73. The summed E-state index contributed by atoms with van der Waals surface area (Å²) in [7, 11) is 1.54. The molecule has 0 heterocycles. The SMILES string of the molecule is C#CC1(c2cccc(OC)c2O)CC1. The van der Waals surface area contributed by atoms with E-state index < -0.39 is 0 Å². The van der Waals surface area contributed by atoms with E-state index >= 15 is 0 Å². The topological polar surface area (TPSA) is 29.5 Å². The van der Waals surface area contributed by atoms with E-state index in [0.29, 0.717) is 5.75 Å². The molecule has 1 saturated carbocycles. The predicted molar refractivity (Wildman–Crippen MR) is 54.4 cm³/mol. The highest BCUT2D eigenvalue weighted by Crippen LogP contribution is 2.52. The first kappa shape index (κ1) is 8.96. The zero-order valence-electron chi connectivity index (χ0n) is 8.08. The maximum Gasteiger partial charge on any atom is 0.162 e. The molecule has 1 N–H and O–H groups in total. The number of phenols is 1. The van der Waals surface area contributed by atoms with Gasteiger partial charge >= 0.3 is 0 Å². The third-order valence-electron chi connectivity index (χ3n) is 2.76. The number of hydrogen-bond donors (Lipinski definition) is 1. The summed E-state index contributed by atoms with van der Waals surface area (Å²) < 4.78 is 5.03. The Hall–Kier alpha value is -1.62. The number of hydrogen-bond acceptors (Lipinski definition) is 2. The lowest BCUT2D eigenvalue weighted by Crippen LogP contribution is -2.03. The maximum atomic E-state index is 9.87. The molecular weight excluding hydrogens is 176 g/mol. The van der Waals surface area contributed by atoms with Crippen LogP contribution >= 0.6 is 0 Å². The number of rotatable bonds is 2. The van der Waals surface area contributed by atoms with Crippen molar-refractivity contribution in [2.24, 2.45) is 0 Å². The highest BCUT2D eigenvalue weighted by Gasteiger charge is 2.44. The Morgan fingerprint density at radius 2 is 2.21 bits per heavy atom. The minimum Gasteiger partial charge on any atom is -0.504 e. The van der Waals surface area contributed by atoms with Gasteiger partial charge in [-0.2, -0.15) is 0 Å². The Morgan fingerprint density at radius 1 is 1.50 bits per heavy atom. The van der Waals surface area contributed by atoms with Crippen molar-refractivity contribution < 1.29 is 9.84 Å². The molecule has 1 aromatic rings. The monoisotopic (exact) mass is 188 g/mol. The van der Waals surface area contributed by atoms with Gasteiger partial charge in [0.15, 0.2) is 11.5 Å². The van der Waals surface area contributed by atoms with Crippen LogP contribution in [0.4, 0.5) is 0 Å². The first-order valence-corrected chi connectivity index (χ1v) is 4.58. The highest BCUT2D eigenvalue weighted by atomic mass is 16.5. The Balaban J connectivity index is 2.50. The zero-order chi connectivity index (χ0) is 10.2. The van der Waals surface area contributed by atoms with Gasteiger partial charge in [0.05, 0.1) is 12.5 Å². The second-order valence-electron chi connectivity index (χ2n) is 3.58. The van der Waals surface area contributed by atoms with E-state index in [2.05, 4.69) is 5.92 Å². The molecule has 0 radical (unpaired) electrons. The summed E-state index contributed by atoms with van der Waals surface area (Å²) >= 11 is 0. The summed E-state index contributed by atoms with van der Waals surface area (Å²) in [6.07, 6.45) is 7.36. The number of methoxy groups -OCH3 is 1. The van der Waals surface area contributed by atoms with Gasteiger partial charge in [-0.15, -0.1) is 6.42 Å². The molecule has 0 saturated heterocycles. The summed E-state index contributed by atoms with van der Waals surface area (Å²) in [6, 6.07) is 5.45. The molecule has 2 nitrogen and oxygen atoms in total. The molecule has 0 bridgehead atoms. The van der Waals surface area contributed by atoms with Crippen LogP contribution in [-0.4, -0.2) is 12.2 Å². The molecule has 1 aliphatic rings. The number of terminal acetylenes is 1. The molecule has 0 aliphatic heterocycles. The zero-order valence-corrected chi connectivity index (χ0v) is 8.08. The third-order valence-corrected chi connectivity index (χ3v) is 2.76. The van der Waals surface area contributed by atoms with Gasteiger partial charge in [-0.25, -0.2) is 0 Å². The summed E-state index contributed by atoms with van der Waals surface area (Å²) in [6.45, 7) is 0. The quantitative estimate of drug-likeness (QED) is 0.720. The minimum absolute atomic E-state index is 0.186. The molecule has 72 valence electrons. The van der Waals surface area contributed by atoms with Gasteiger partial charge < -0.3 is 9.84 Å². The predicted octanol–water partition coefficient (Wildman–Crippen LogP) is 2.07. The van der Waals surface area contributed by atoms with Crippen LogP contribution in [0.5, 0.6) is 11.5 Å². The van der Waals surface area contributed by atoms with Gasteiger partial charge in [0.2, 0.25) is 0 Å². The van der Waals surface area contributed by atoms with E-state index in [0.717, 1.165) is 18.4 Å². The van der Waals surface area contributed by atoms with Crippen LogP contribution in [0.25, 0.3) is 0 Å². The van der Waals surface area contributed by atoms with Crippen LogP contribution in [0.15, 0.2) is 18.2 Å². The molecule has 1 aromatic carbocycles. The maximum absolute atomic E-state index is 9.87. The van der Waals surface area contributed by atoms with E-state index in [1.807, 2.05) is 12.1 Å². The van der Waals surface area contributed by atoms with Crippen LogP contribution in [0.3, 0.4) is 0 Å². The number of benzene rings is 1. The van der Waals surface area contributed by atoms with Crippen molar-refractivity contribution in [3.05, 3.63) is 23.8 Å². The Kier molecular flexibility index (Phi) is 1.89. The van der Waals surface area contributed by atoms with Crippen molar-refractivity contribution in [1.29, 1.82) is 0 Å². The van der Waals surface area contributed by atoms with E-state index in [1.54, 1.807) is 6.07 Å². The van der Waals surface area contributed by atoms with Gasteiger partial charge in [-0.05, 0) is 18.9 Å². The molecule has 0 amide bonds. The Labute approximate surface area is 83.5 Å². The van der Waals surface area contributed by atoms with Gasteiger partial charge in [-0.3, -0.25) is 0 Å². The van der Waals surface area contributed by atoms with Gasteiger partial charge in [0, 0.05) is 5.56 Å². The van der Waals surface area contributed by atoms with Crippen LogP contribution in [0, 0.1) is 12.3 Å². The molecule has 2 heteroatoms. The van der Waals surface area contributed by atoms with Crippen LogP contribution in [-0.2, 0) is 5.41 Å². The lowest BCUT2D eigenvalue weighted by molar-refractivity contribution is 0.369. The van der Waals surface area contributed by atoms with Gasteiger partial charge in [0.25, 0.3) is 0 Å². The molecule has 0 unspecified atom stereocenters. The summed E-state index contributed by atoms with van der Waals surface area (Å²) in [4.78, 5) is 0. The number of phenolic OH excluding ortho intramolecular Hbond substituents is 1. The smallest absolute Gasteiger partial charge is 0.162 e. The van der Waals surface area contributed by atoms with E-state index in [-0.39, 0.29) is 11.2 Å². The van der Waals surface area contributed by atoms with Crippen molar-refractivity contribution in [2.45, 2.75) is 18.3 Å². The van der Waals surface area contributed by atoms with E-state index in [9.17, 15) is 5.11 Å². The number of para-hydroxylation sites is 1. The minimum atomic E-state index is -0.237. The van der Waals surface area contributed by atoms with Gasteiger partial charge in [0.1, 0.15) is 0 Å². The van der Waals surface area contributed by atoms with Gasteiger partial charge in [-0.1, -0.05) is 18.1 Å². The molecule has 1 fully saturated rings. The van der Waals surface area contributed by atoms with Crippen molar-refractivity contribution >= 4 is 0 Å². The average Bonchev–Trinajstić information content (AvgIpc) is 2.99. The molecule has 0 atom stereocenters. The Bertz CT molecular complexity index is 397. The van der Waals surface area contributed by atoms with E-state index in [4.69, 9.17) is 11.2 Å². The van der Waals surface area contributed by atoms with Crippen molar-refractivity contribution in [2.75, 3.05) is 7.11 Å². The lowest BCUT2D eigenvalue weighted by Gasteiger charge is -2.12. The lowest BCUT2D eigenvalue weighted by atomic mass is 9.96. The fraction of sp³-hybridized carbons (Fsp3) is 0.333. The Morgan fingerprint density at radius 3 is 2.71 bits per heavy atom. The molecule has 14 heavy (non-hydrogen) atoms. The molecule has 0 aromatic heterocycles. The third kappa shape index (κ3) is 1.13. The number of aromatic hydroxyl groups is 1. The van der Waals surface area contributed by atoms with Crippen LogP contribution in [0.1, 0.15) is 18.4 Å². The van der Waals surface area contributed by atoms with Crippen molar-refractivity contribution in [3.63, 3.8) is 0 Å². The van der Waals surface area contributed by atoms with Crippen molar-refractivity contribution in [1.82, 2.24) is 0 Å². The van der Waals surface area contributed by atoms with Crippen molar-refractivity contribution in [3.8, 4) is 23.8 Å². The fourth-order valence-corrected chi connectivity index (χ4v) is 1.69. The standard InChI is InChI=1S/C12H12O2/c1-3-12(7-8-12)9-5-4-6-10(14-2)11(9)13/h1,4-6,13H,7-8H2,2H3. The second-order valence-corrected chi connectivity index (χ2v) is 3.58. The summed E-state index contributed by atoms with van der Waals surface area (Å²) in [5, 5.41) is 9.87. The highest BCUT2D eigenvalue weighted by molar-refractivity contribution is 5.54. The van der Waals surface area contributed by atoms with Crippen LogP contribution < -0.4 is 4.74 Å². The normalized spacial score (nSPS) is 17.1. The van der Waals surface area contributed by atoms with Crippen LogP contribution in [0.2, 0.25) is 0 Å². The average molecular weight is 188 g/mol. The fourth-order valence-electron chi connectivity index (χ4n) is 1.69. The second kappa shape index (κ2) is 2.95. The molecular formula is C12H12O2. The molecule has 0 spiro atoms. The molecule has 1 aliphatic carbocycles. The number of ether oxygens (including phenoxy) is 1. The summed E-state index contributed by atoms with van der Waals surface area (Å²) in [5.74, 6) is 3.42. The summed E-state index contributed by atoms with van der Waals surface area (Å²) in [5.41, 5.74) is 0.581. The van der Waals surface area contributed by atoms with E-state index in [1.165, 1.54) is 7.11 Å². The molecule has 2 rings (SSSR count). The first-order valence-electron chi connectivity index (χ1n) is 4.58.